The Bertz CT molecular complexity index is 799. The third-order valence-corrected chi connectivity index (χ3v) is 4.49. The predicted molar refractivity (Wildman–Crippen MR) is 93.9 cm³/mol. The second-order valence-electron chi connectivity index (χ2n) is 6.00. The first-order valence-corrected chi connectivity index (χ1v) is 8.43. The van der Waals surface area contributed by atoms with E-state index in [1.54, 1.807) is 34.1 Å². The summed E-state index contributed by atoms with van der Waals surface area (Å²) < 4.78 is 15.5. The molecule has 1 aliphatic heterocycles. The molecule has 0 saturated carbocycles. The molecule has 9 heteroatoms. The smallest absolute Gasteiger partial charge is 0.325 e. The van der Waals surface area contributed by atoms with Crippen molar-refractivity contribution >= 4 is 11.9 Å². The van der Waals surface area contributed by atoms with Gasteiger partial charge in [-0.2, -0.15) is 4.98 Å². The van der Waals surface area contributed by atoms with Crippen LogP contribution in [-0.2, 0) is 4.79 Å². The van der Waals surface area contributed by atoms with E-state index >= 15 is 0 Å². The van der Waals surface area contributed by atoms with Crippen molar-refractivity contribution in [1.82, 2.24) is 14.8 Å². The molecule has 0 bridgehead atoms. The Kier molecular flexibility index (Phi) is 5.60. The minimum Gasteiger partial charge on any atom is -0.481 e. The van der Waals surface area contributed by atoms with Crippen molar-refractivity contribution in [3.05, 3.63) is 41.9 Å². The van der Waals surface area contributed by atoms with Gasteiger partial charge in [-0.05, 0) is 18.2 Å². The predicted octanol–water partition coefficient (Wildman–Crippen LogP) is 1.28. The van der Waals surface area contributed by atoms with Gasteiger partial charge in [0.1, 0.15) is 6.04 Å². The summed E-state index contributed by atoms with van der Waals surface area (Å²) >= 11 is 0. The fourth-order valence-corrected chi connectivity index (χ4v) is 3.14. The number of carbonyl (C=O) groups excluding carboxylic acids is 1. The Balaban J connectivity index is 1.76. The number of pyridine rings is 1. The van der Waals surface area contributed by atoms with Crippen molar-refractivity contribution in [2.75, 3.05) is 40.4 Å². The van der Waals surface area contributed by atoms with E-state index in [2.05, 4.69) is 4.98 Å². The van der Waals surface area contributed by atoms with Crippen molar-refractivity contribution in [3.63, 3.8) is 0 Å². The molecule has 1 amide bonds. The van der Waals surface area contributed by atoms with Crippen molar-refractivity contribution in [3.8, 4) is 11.8 Å². The number of carboxylic acid groups (broad SMARTS) is 1. The molecule has 0 spiro atoms. The van der Waals surface area contributed by atoms with Gasteiger partial charge in [0.2, 0.25) is 11.8 Å². The molecule has 9 nitrogen and oxygen atoms in total. The number of hydrogen-bond acceptors (Lipinski definition) is 7. The van der Waals surface area contributed by atoms with Crippen LogP contribution >= 0.6 is 0 Å². The third kappa shape index (κ3) is 3.87. The van der Waals surface area contributed by atoms with Crippen LogP contribution in [0.4, 0.5) is 0 Å². The molecule has 1 fully saturated rings. The van der Waals surface area contributed by atoms with Crippen LogP contribution in [0.2, 0.25) is 0 Å². The van der Waals surface area contributed by atoms with Crippen molar-refractivity contribution in [2.45, 2.75) is 6.04 Å². The van der Waals surface area contributed by atoms with E-state index in [-0.39, 0.29) is 17.5 Å². The van der Waals surface area contributed by atoms with Crippen molar-refractivity contribution in [2.24, 2.45) is 0 Å². The van der Waals surface area contributed by atoms with Crippen molar-refractivity contribution < 1.29 is 28.6 Å². The highest BCUT2D eigenvalue weighted by Crippen LogP contribution is 2.31. The summed E-state index contributed by atoms with van der Waals surface area (Å²) in [5, 5.41) is 9.80. The van der Waals surface area contributed by atoms with Crippen LogP contribution in [0.15, 0.2) is 34.9 Å². The van der Waals surface area contributed by atoms with Crippen LogP contribution in [-0.4, -0.2) is 72.2 Å². The Labute approximate surface area is 156 Å². The molecule has 1 atom stereocenters. The number of aromatic nitrogens is 1. The lowest BCUT2D eigenvalue weighted by Gasteiger charge is -2.37. The maximum atomic E-state index is 12.4. The number of nitrogens with zero attached hydrogens (tertiary/aromatic N) is 3. The zero-order valence-electron chi connectivity index (χ0n) is 15.1. The Morgan fingerprint density at radius 2 is 1.89 bits per heavy atom. The molecule has 0 radical (unpaired) electrons. The fraction of sp³-hybridized carbons (Fsp3) is 0.389. The largest absolute Gasteiger partial charge is 0.481 e. The van der Waals surface area contributed by atoms with Crippen LogP contribution < -0.4 is 9.47 Å². The summed E-state index contributed by atoms with van der Waals surface area (Å²) in [6.07, 6.45) is 1.45. The van der Waals surface area contributed by atoms with Gasteiger partial charge in [0.15, 0.2) is 5.76 Å². The second kappa shape index (κ2) is 8.09. The summed E-state index contributed by atoms with van der Waals surface area (Å²) in [7, 11) is 2.91. The molecule has 0 unspecified atom stereocenters. The number of carbonyl (C=O) groups is 2. The SMILES string of the molecule is COc1ccc([C@H](C(=O)O)N2CCN(C(=O)c3ccco3)CC2)c(OC)n1. The number of rotatable bonds is 6. The first-order chi connectivity index (χ1) is 13.0. The van der Waals surface area contributed by atoms with Gasteiger partial charge in [-0.25, -0.2) is 0 Å². The van der Waals surface area contributed by atoms with Gasteiger partial charge < -0.3 is 23.9 Å². The number of carboxylic acids is 1. The average molecular weight is 375 g/mol. The van der Waals surface area contributed by atoms with Gasteiger partial charge in [-0.15, -0.1) is 0 Å². The highest BCUT2D eigenvalue weighted by atomic mass is 16.5. The van der Waals surface area contributed by atoms with Gasteiger partial charge >= 0.3 is 5.97 Å². The fourth-order valence-electron chi connectivity index (χ4n) is 3.14. The summed E-state index contributed by atoms with van der Waals surface area (Å²) in [4.78, 5) is 32.0. The minimum absolute atomic E-state index is 0.199. The number of piperazine rings is 1. The highest BCUT2D eigenvalue weighted by Gasteiger charge is 2.34. The van der Waals surface area contributed by atoms with Gasteiger partial charge in [0.25, 0.3) is 5.91 Å². The molecule has 1 aliphatic rings. The lowest BCUT2D eigenvalue weighted by molar-refractivity contribution is -0.144. The molecule has 27 heavy (non-hydrogen) atoms. The van der Waals surface area contributed by atoms with E-state index in [9.17, 15) is 14.7 Å². The maximum Gasteiger partial charge on any atom is 0.325 e. The molecule has 0 aromatic carbocycles. The monoisotopic (exact) mass is 375 g/mol. The van der Waals surface area contributed by atoms with E-state index in [4.69, 9.17) is 13.9 Å². The van der Waals surface area contributed by atoms with E-state index in [0.29, 0.717) is 37.6 Å². The normalized spacial score (nSPS) is 16.0. The van der Waals surface area contributed by atoms with E-state index in [1.807, 2.05) is 0 Å². The molecule has 144 valence electrons. The summed E-state index contributed by atoms with van der Waals surface area (Å²) in [5.41, 5.74) is 0.441. The number of aliphatic carboxylic acids is 1. The minimum atomic E-state index is -1.01. The molecule has 1 saturated heterocycles. The van der Waals surface area contributed by atoms with Crippen LogP contribution in [0.3, 0.4) is 0 Å². The molecule has 2 aromatic heterocycles. The third-order valence-electron chi connectivity index (χ3n) is 4.49. The number of furan rings is 1. The van der Waals surface area contributed by atoms with Crippen LogP contribution in [0, 0.1) is 0 Å². The topological polar surface area (TPSA) is 105 Å². The van der Waals surface area contributed by atoms with Gasteiger partial charge in [0, 0.05) is 37.8 Å². The standard InChI is InChI=1S/C18H21N3O6/c1-25-14-6-5-12(16(19-14)26-2)15(18(23)24)20-7-9-21(10-8-20)17(22)13-4-3-11-27-13/h3-6,11,15H,7-10H2,1-2H3,(H,23,24)/t15-/m1/s1. The van der Waals surface area contributed by atoms with Gasteiger partial charge in [0.05, 0.1) is 20.5 Å². The van der Waals surface area contributed by atoms with Gasteiger partial charge in [-0.1, -0.05) is 0 Å². The Morgan fingerprint density at radius 3 is 2.44 bits per heavy atom. The number of hydrogen-bond donors (Lipinski definition) is 1. The van der Waals surface area contributed by atoms with Crippen LogP contribution in [0.1, 0.15) is 22.2 Å². The summed E-state index contributed by atoms with van der Waals surface area (Å²) in [6.45, 7) is 1.60. The first kappa shape index (κ1) is 18.7. The van der Waals surface area contributed by atoms with E-state index in [1.165, 1.54) is 20.5 Å². The Hall–Kier alpha value is -3.07. The molecule has 0 aliphatic carbocycles. The van der Waals surface area contributed by atoms with Gasteiger partial charge in [-0.3, -0.25) is 14.5 Å². The number of ether oxygens (including phenoxy) is 2. The zero-order chi connectivity index (χ0) is 19.4. The summed E-state index contributed by atoms with van der Waals surface area (Å²) in [6, 6.07) is 5.59. The van der Waals surface area contributed by atoms with E-state index < -0.39 is 12.0 Å². The number of methoxy groups -OCH3 is 2. The zero-order valence-corrected chi connectivity index (χ0v) is 15.1. The second-order valence-corrected chi connectivity index (χ2v) is 6.00. The molecular formula is C18H21N3O6. The Morgan fingerprint density at radius 1 is 1.15 bits per heavy atom. The maximum absolute atomic E-state index is 12.4. The molecule has 3 rings (SSSR count). The summed E-state index contributed by atoms with van der Waals surface area (Å²) in [5.74, 6) is -0.384. The quantitative estimate of drug-likeness (QED) is 0.805. The highest BCUT2D eigenvalue weighted by molar-refractivity contribution is 5.91. The lowest BCUT2D eigenvalue weighted by atomic mass is 10.1. The molecule has 3 heterocycles. The van der Waals surface area contributed by atoms with Crippen LogP contribution in [0.5, 0.6) is 11.8 Å². The average Bonchev–Trinajstić information content (AvgIpc) is 3.23. The molecular weight excluding hydrogens is 354 g/mol. The van der Waals surface area contributed by atoms with E-state index in [0.717, 1.165) is 0 Å². The molecule has 1 N–H and O–H groups in total. The molecule has 2 aromatic rings. The van der Waals surface area contributed by atoms with Crippen molar-refractivity contribution in [1.29, 1.82) is 0 Å². The number of amides is 1. The lowest BCUT2D eigenvalue weighted by Crippen LogP contribution is -2.51. The van der Waals surface area contributed by atoms with Crippen LogP contribution in [0.25, 0.3) is 0 Å². The first-order valence-electron chi connectivity index (χ1n) is 8.43.